The number of aromatic nitrogens is 3. The van der Waals surface area contributed by atoms with Gasteiger partial charge in [0, 0.05) is 37.9 Å². The lowest BCUT2D eigenvalue weighted by atomic mass is 10.1. The standard InChI is InChI=1S/C31H30F4N6O2/c1-4-28-36-14-11-25(38-28)22-6-5-13-37-30(22)43-21-8-9-24(32)23(17-21)29(42)39-26-16-19(31(33,34)35)7-10-27(26)41-15-12-20(18-41)40(2)3/h5-11,13-14,16-17,20H,4,12,15,18H2,1-3H3,(H,39,42)/t20-/m0/s1. The number of aryl methyl sites for hydroxylation is 1. The number of likely N-dealkylation sites (N-methyl/N-ethyl adjacent to an activating group) is 1. The van der Waals surface area contributed by atoms with Crippen molar-refractivity contribution in [1.29, 1.82) is 0 Å². The molecular weight excluding hydrogens is 564 g/mol. The molecule has 4 aromatic rings. The van der Waals surface area contributed by atoms with E-state index in [1.165, 1.54) is 24.4 Å². The van der Waals surface area contributed by atoms with E-state index in [2.05, 4.69) is 20.3 Å². The van der Waals surface area contributed by atoms with Gasteiger partial charge in [0.15, 0.2) is 0 Å². The van der Waals surface area contributed by atoms with Gasteiger partial charge in [-0.3, -0.25) is 4.79 Å². The zero-order valence-electron chi connectivity index (χ0n) is 23.8. The summed E-state index contributed by atoms with van der Waals surface area (Å²) in [7, 11) is 3.87. The molecule has 3 heterocycles. The van der Waals surface area contributed by atoms with Crippen LogP contribution in [0, 0.1) is 5.82 Å². The molecule has 0 radical (unpaired) electrons. The summed E-state index contributed by atoms with van der Waals surface area (Å²) < 4.78 is 61.7. The molecule has 1 saturated heterocycles. The minimum absolute atomic E-state index is 0.0625. The van der Waals surface area contributed by atoms with Gasteiger partial charge in [-0.2, -0.15) is 13.2 Å². The Labute approximate surface area is 246 Å². The number of hydrogen-bond donors (Lipinski definition) is 1. The van der Waals surface area contributed by atoms with E-state index >= 15 is 0 Å². The van der Waals surface area contributed by atoms with E-state index < -0.39 is 29.0 Å². The molecule has 0 saturated carbocycles. The Balaban J connectivity index is 1.44. The Morgan fingerprint density at radius 3 is 2.63 bits per heavy atom. The molecule has 1 N–H and O–H groups in total. The first kappa shape index (κ1) is 29.9. The second kappa shape index (κ2) is 12.3. The highest BCUT2D eigenvalue weighted by atomic mass is 19.4. The minimum atomic E-state index is -4.63. The lowest BCUT2D eigenvalue weighted by Gasteiger charge is -2.25. The molecule has 2 aromatic carbocycles. The number of hydrogen-bond acceptors (Lipinski definition) is 7. The number of nitrogens with zero attached hydrogens (tertiary/aromatic N) is 5. The fourth-order valence-corrected chi connectivity index (χ4v) is 4.90. The number of ether oxygens (including phenoxy) is 1. The molecule has 1 fully saturated rings. The summed E-state index contributed by atoms with van der Waals surface area (Å²) in [5, 5.41) is 2.52. The van der Waals surface area contributed by atoms with Gasteiger partial charge in [-0.15, -0.1) is 0 Å². The number of carbonyl (C=O) groups excluding carboxylic acids is 1. The molecule has 8 nitrogen and oxygen atoms in total. The predicted octanol–water partition coefficient (Wildman–Crippen LogP) is 6.44. The number of pyridine rings is 1. The highest BCUT2D eigenvalue weighted by Gasteiger charge is 2.33. The number of amides is 1. The Kier molecular flexibility index (Phi) is 8.58. The number of benzene rings is 2. The van der Waals surface area contributed by atoms with Crippen LogP contribution in [0.3, 0.4) is 0 Å². The summed E-state index contributed by atoms with van der Waals surface area (Å²) in [6.45, 7) is 3.09. The maximum atomic E-state index is 15.0. The van der Waals surface area contributed by atoms with E-state index in [1.807, 2.05) is 30.8 Å². The average Bonchev–Trinajstić information content (AvgIpc) is 3.48. The van der Waals surface area contributed by atoms with Gasteiger partial charge in [-0.1, -0.05) is 6.92 Å². The van der Waals surface area contributed by atoms with Crippen LogP contribution in [0.15, 0.2) is 67.0 Å². The Morgan fingerprint density at radius 2 is 1.91 bits per heavy atom. The SMILES string of the molecule is CCc1nccc(-c2cccnc2Oc2ccc(F)c(C(=O)Nc3cc(C(F)(F)F)ccc3N3CC[C@H](N(C)C)C3)c2)n1. The van der Waals surface area contributed by atoms with Crippen LogP contribution in [0.1, 0.15) is 35.1 Å². The summed E-state index contributed by atoms with van der Waals surface area (Å²) in [6.07, 6.45) is -0.0480. The molecular formula is C31H30F4N6O2. The zero-order valence-corrected chi connectivity index (χ0v) is 23.8. The first-order chi connectivity index (χ1) is 20.5. The van der Waals surface area contributed by atoms with Crippen LogP contribution in [0.25, 0.3) is 11.3 Å². The van der Waals surface area contributed by atoms with Gasteiger partial charge in [0.05, 0.1) is 33.8 Å². The third-order valence-electron chi connectivity index (χ3n) is 7.27. The Morgan fingerprint density at radius 1 is 1.09 bits per heavy atom. The summed E-state index contributed by atoms with van der Waals surface area (Å²) in [5.74, 6) is -0.874. The van der Waals surface area contributed by atoms with E-state index in [1.54, 1.807) is 24.4 Å². The molecule has 1 amide bonds. The van der Waals surface area contributed by atoms with Gasteiger partial charge in [-0.05, 0) is 75.1 Å². The molecule has 0 spiro atoms. The molecule has 0 bridgehead atoms. The van der Waals surface area contributed by atoms with Crippen LogP contribution in [0.4, 0.5) is 28.9 Å². The second-order valence-corrected chi connectivity index (χ2v) is 10.3. The van der Waals surface area contributed by atoms with Crippen LogP contribution in [-0.4, -0.2) is 59.0 Å². The van der Waals surface area contributed by atoms with Crippen molar-refractivity contribution in [2.45, 2.75) is 32.0 Å². The normalized spacial score (nSPS) is 15.2. The number of alkyl halides is 3. The van der Waals surface area contributed by atoms with Crippen LogP contribution in [0.5, 0.6) is 11.6 Å². The maximum Gasteiger partial charge on any atom is 0.416 e. The highest BCUT2D eigenvalue weighted by molar-refractivity contribution is 6.06. The second-order valence-electron chi connectivity index (χ2n) is 10.3. The lowest BCUT2D eigenvalue weighted by molar-refractivity contribution is -0.137. The topological polar surface area (TPSA) is 83.5 Å². The summed E-state index contributed by atoms with van der Waals surface area (Å²) in [5.41, 5.74) is 0.170. The third-order valence-corrected chi connectivity index (χ3v) is 7.27. The quantitative estimate of drug-likeness (QED) is 0.235. The minimum Gasteiger partial charge on any atom is -0.438 e. The van der Waals surface area contributed by atoms with Crippen molar-refractivity contribution in [2.75, 3.05) is 37.4 Å². The number of anilines is 2. The number of carbonyl (C=O) groups is 1. The summed E-state index contributed by atoms with van der Waals surface area (Å²) in [6, 6.07) is 12.2. The fourth-order valence-electron chi connectivity index (χ4n) is 4.90. The van der Waals surface area contributed by atoms with Crippen molar-refractivity contribution in [1.82, 2.24) is 19.9 Å². The fraction of sp³-hybridized carbons (Fsp3) is 0.290. The number of rotatable bonds is 8. The van der Waals surface area contributed by atoms with Crippen LogP contribution < -0.4 is 15.0 Å². The highest BCUT2D eigenvalue weighted by Crippen LogP contribution is 2.37. The zero-order chi connectivity index (χ0) is 30.7. The smallest absolute Gasteiger partial charge is 0.416 e. The molecule has 43 heavy (non-hydrogen) atoms. The largest absolute Gasteiger partial charge is 0.438 e. The van der Waals surface area contributed by atoms with Crippen molar-refractivity contribution in [3.05, 3.63) is 89.8 Å². The number of nitrogens with one attached hydrogen (secondary N) is 1. The third kappa shape index (κ3) is 6.75. The van der Waals surface area contributed by atoms with Gasteiger partial charge in [0.2, 0.25) is 5.88 Å². The van der Waals surface area contributed by atoms with Gasteiger partial charge in [0.25, 0.3) is 5.91 Å². The van der Waals surface area contributed by atoms with Gasteiger partial charge >= 0.3 is 6.18 Å². The molecule has 1 atom stereocenters. The van der Waals surface area contributed by atoms with Crippen LogP contribution >= 0.6 is 0 Å². The van der Waals surface area contributed by atoms with Crippen molar-refractivity contribution in [2.24, 2.45) is 0 Å². The summed E-state index contributed by atoms with van der Waals surface area (Å²) >= 11 is 0. The van der Waals surface area contributed by atoms with Crippen molar-refractivity contribution >= 4 is 17.3 Å². The van der Waals surface area contributed by atoms with Gasteiger partial charge in [-0.25, -0.2) is 19.3 Å². The Hall–Kier alpha value is -4.58. The Bertz CT molecular complexity index is 1630. The molecule has 12 heteroatoms. The lowest BCUT2D eigenvalue weighted by Crippen LogP contribution is -2.31. The monoisotopic (exact) mass is 594 g/mol. The maximum absolute atomic E-state index is 15.0. The number of halogens is 4. The van der Waals surface area contributed by atoms with E-state index in [-0.39, 0.29) is 23.4 Å². The molecule has 0 unspecified atom stereocenters. The average molecular weight is 595 g/mol. The van der Waals surface area contributed by atoms with Crippen LogP contribution in [-0.2, 0) is 12.6 Å². The first-order valence-corrected chi connectivity index (χ1v) is 13.7. The van der Waals surface area contributed by atoms with E-state index in [9.17, 15) is 22.4 Å². The molecule has 5 rings (SSSR count). The van der Waals surface area contributed by atoms with Crippen molar-refractivity contribution in [3.63, 3.8) is 0 Å². The van der Waals surface area contributed by atoms with Gasteiger partial charge < -0.3 is 19.9 Å². The van der Waals surface area contributed by atoms with E-state index in [4.69, 9.17) is 4.74 Å². The molecule has 224 valence electrons. The van der Waals surface area contributed by atoms with Crippen molar-refractivity contribution < 1.29 is 27.1 Å². The predicted molar refractivity (Wildman–Crippen MR) is 155 cm³/mol. The van der Waals surface area contributed by atoms with E-state index in [0.717, 1.165) is 24.6 Å². The summed E-state index contributed by atoms with van der Waals surface area (Å²) in [4.78, 5) is 30.3. The first-order valence-electron chi connectivity index (χ1n) is 13.7. The molecule has 1 aliphatic rings. The van der Waals surface area contributed by atoms with Gasteiger partial charge in [0.1, 0.15) is 17.4 Å². The molecule has 2 aromatic heterocycles. The molecule has 1 aliphatic heterocycles. The van der Waals surface area contributed by atoms with Crippen LogP contribution in [0.2, 0.25) is 0 Å². The molecule has 0 aliphatic carbocycles. The van der Waals surface area contributed by atoms with E-state index in [0.29, 0.717) is 42.3 Å². The van der Waals surface area contributed by atoms with Crippen molar-refractivity contribution in [3.8, 4) is 22.9 Å².